The summed E-state index contributed by atoms with van der Waals surface area (Å²) in [6.45, 7) is 1.65. The van der Waals surface area contributed by atoms with Crippen molar-refractivity contribution < 1.29 is 28.2 Å². The summed E-state index contributed by atoms with van der Waals surface area (Å²) in [5, 5.41) is 11.2. The van der Waals surface area contributed by atoms with Gasteiger partial charge in [0.15, 0.2) is 23.0 Å². The van der Waals surface area contributed by atoms with Crippen LogP contribution in [0.5, 0.6) is 23.0 Å². The molecule has 0 atom stereocenters. The largest absolute Gasteiger partial charge is 0.486 e. The van der Waals surface area contributed by atoms with Gasteiger partial charge in [0.2, 0.25) is 18.6 Å². The van der Waals surface area contributed by atoms with Gasteiger partial charge in [-0.25, -0.2) is 0 Å². The Labute approximate surface area is 175 Å². The van der Waals surface area contributed by atoms with E-state index < -0.39 is 0 Å². The van der Waals surface area contributed by atoms with E-state index in [9.17, 15) is 4.79 Å². The zero-order chi connectivity index (χ0) is 20.3. The number of ether oxygens (including phenoxy) is 4. The van der Waals surface area contributed by atoms with Crippen LogP contribution in [0.1, 0.15) is 5.56 Å². The Bertz CT molecular complexity index is 1090. The third kappa shape index (κ3) is 3.99. The maximum Gasteiger partial charge on any atom is 0.277 e. The van der Waals surface area contributed by atoms with Crippen molar-refractivity contribution in [2.24, 2.45) is 0 Å². The number of rotatable bonds is 6. The predicted octanol–water partition coefficient (Wildman–Crippen LogP) is 2.65. The number of carbonyl (C=O) groups excluding carboxylic acids is 1. The quantitative estimate of drug-likeness (QED) is 0.594. The lowest BCUT2D eigenvalue weighted by atomic mass is 10.2. The number of benzene rings is 2. The van der Waals surface area contributed by atoms with Gasteiger partial charge in [-0.3, -0.25) is 4.79 Å². The summed E-state index contributed by atoms with van der Waals surface area (Å²) in [5.74, 6) is 3.12. The Morgan fingerprint density at radius 2 is 1.70 bits per heavy atom. The van der Waals surface area contributed by atoms with E-state index in [0.29, 0.717) is 53.9 Å². The molecule has 154 valence electrons. The lowest BCUT2D eigenvalue weighted by molar-refractivity contribution is -0.118. The molecule has 10 heteroatoms. The molecular formula is C20H17N3O6S. The van der Waals surface area contributed by atoms with Crippen LogP contribution < -0.4 is 24.3 Å². The Morgan fingerprint density at radius 1 is 0.933 bits per heavy atom. The summed E-state index contributed by atoms with van der Waals surface area (Å²) in [4.78, 5) is 12.2. The monoisotopic (exact) mass is 427 g/mol. The number of hydrogen-bond acceptors (Lipinski definition) is 9. The topological polar surface area (TPSA) is 105 Å². The van der Waals surface area contributed by atoms with Crippen LogP contribution in [0, 0.1) is 0 Å². The van der Waals surface area contributed by atoms with E-state index >= 15 is 0 Å². The first-order valence-electron chi connectivity index (χ1n) is 9.26. The van der Waals surface area contributed by atoms with E-state index in [4.69, 9.17) is 23.4 Å². The highest BCUT2D eigenvalue weighted by atomic mass is 32.2. The second-order valence-electron chi connectivity index (χ2n) is 6.48. The highest BCUT2D eigenvalue weighted by molar-refractivity contribution is 7.99. The molecule has 5 rings (SSSR count). The van der Waals surface area contributed by atoms with Gasteiger partial charge in [-0.2, -0.15) is 0 Å². The standard InChI is InChI=1S/C20H17N3O6S/c24-18(21-9-12-1-3-15-16(7-12)28-11-27-15)10-30-20-23-22-19(29-20)13-2-4-14-17(8-13)26-6-5-25-14/h1-4,7-8H,5-6,9-11H2,(H,21,24). The number of hydrogen-bond donors (Lipinski definition) is 1. The average molecular weight is 427 g/mol. The van der Waals surface area contributed by atoms with E-state index in [1.54, 1.807) is 6.07 Å². The minimum Gasteiger partial charge on any atom is -0.486 e. The Kier molecular flexibility index (Phi) is 5.06. The van der Waals surface area contributed by atoms with Crippen LogP contribution in [0.15, 0.2) is 46.0 Å². The SMILES string of the molecule is O=C(CSc1nnc(-c2ccc3c(c2)OCCO3)o1)NCc1ccc2c(c1)OCO2. The van der Waals surface area contributed by atoms with Crippen LogP contribution in [-0.4, -0.2) is 41.9 Å². The van der Waals surface area contributed by atoms with Crippen LogP contribution >= 0.6 is 11.8 Å². The van der Waals surface area contributed by atoms with Crippen molar-refractivity contribution in [1.29, 1.82) is 0 Å². The number of nitrogens with one attached hydrogen (secondary N) is 1. The first-order valence-corrected chi connectivity index (χ1v) is 10.2. The van der Waals surface area contributed by atoms with Crippen molar-refractivity contribution >= 4 is 17.7 Å². The summed E-state index contributed by atoms with van der Waals surface area (Å²) in [6.07, 6.45) is 0. The third-order valence-corrected chi connectivity index (χ3v) is 5.27. The second-order valence-corrected chi connectivity index (χ2v) is 7.41. The van der Waals surface area contributed by atoms with Gasteiger partial charge in [0.05, 0.1) is 5.75 Å². The molecule has 0 radical (unpaired) electrons. The third-order valence-electron chi connectivity index (χ3n) is 4.45. The molecule has 0 fully saturated rings. The zero-order valence-electron chi connectivity index (χ0n) is 15.8. The number of aromatic nitrogens is 2. The molecule has 3 aromatic rings. The normalized spacial score (nSPS) is 13.9. The molecule has 1 N–H and O–H groups in total. The molecule has 3 heterocycles. The van der Waals surface area contributed by atoms with Crippen molar-refractivity contribution in [3.05, 3.63) is 42.0 Å². The molecule has 2 aromatic carbocycles. The van der Waals surface area contributed by atoms with E-state index in [1.165, 1.54) is 11.8 Å². The predicted molar refractivity (Wildman–Crippen MR) is 106 cm³/mol. The van der Waals surface area contributed by atoms with Crippen LogP contribution in [0.25, 0.3) is 11.5 Å². The van der Waals surface area contributed by atoms with Crippen LogP contribution in [0.4, 0.5) is 0 Å². The molecule has 9 nitrogen and oxygen atoms in total. The van der Waals surface area contributed by atoms with Gasteiger partial charge in [-0.1, -0.05) is 17.8 Å². The molecule has 0 aliphatic carbocycles. The van der Waals surface area contributed by atoms with Crippen molar-refractivity contribution in [1.82, 2.24) is 15.5 Å². The molecule has 0 bridgehead atoms. The van der Waals surface area contributed by atoms with E-state index in [2.05, 4.69) is 15.5 Å². The van der Waals surface area contributed by atoms with Crippen LogP contribution in [0.3, 0.4) is 0 Å². The van der Waals surface area contributed by atoms with Crippen LogP contribution in [-0.2, 0) is 11.3 Å². The highest BCUT2D eigenvalue weighted by Crippen LogP contribution is 2.35. The Morgan fingerprint density at radius 3 is 2.63 bits per heavy atom. The minimum absolute atomic E-state index is 0.142. The van der Waals surface area contributed by atoms with Crippen molar-refractivity contribution in [2.75, 3.05) is 25.8 Å². The van der Waals surface area contributed by atoms with Gasteiger partial charge in [-0.05, 0) is 35.9 Å². The zero-order valence-corrected chi connectivity index (χ0v) is 16.6. The summed E-state index contributed by atoms with van der Waals surface area (Å²) in [5.41, 5.74) is 1.65. The second kappa shape index (κ2) is 8.15. The molecule has 1 aromatic heterocycles. The van der Waals surface area contributed by atoms with Gasteiger partial charge in [0.25, 0.3) is 5.22 Å². The number of amides is 1. The number of carbonyl (C=O) groups is 1. The minimum atomic E-state index is -0.142. The van der Waals surface area contributed by atoms with Crippen molar-refractivity contribution in [2.45, 2.75) is 11.8 Å². The van der Waals surface area contributed by atoms with Gasteiger partial charge in [0.1, 0.15) is 13.2 Å². The van der Waals surface area contributed by atoms with Gasteiger partial charge in [0, 0.05) is 12.1 Å². The lowest BCUT2D eigenvalue weighted by Crippen LogP contribution is -2.24. The highest BCUT2D eigenvalue weighted by Gasteiger charge is 2.17. The Balaban J connectivity index is 1.14. The summed E-state index contributed by atoms with van der Waals surface area (Å²) in [6, 6.07) is 11.0. The summed E-state index contributed by atoms with van der Waals surface area (Å²) >= 11 is 1.18. The fourth-order valence-corrected chi connectivity index (χ4v) is 3.58. The average Bonchev–Trinajstić information content (AvgIpc) is 3.45. The number of fused-ring (bicyclic) bond motifs is 2. The van der Waals surface area contributed by atoms with E-state index in [-0.39, 0.29) is 18.5 Å². The molecular weight excluding hydrogens is 410 g/mol. The smallest absolute Gasteiger partial charge is 0.277 e. The molecule has 0 saturated carbocycles. The van der Waals surface area contributed by atoms with E-state index in [0.717, 1.165) is 11.1 Å². The van der Waals surface area contributed by atoms with Gasteiger partial charge in [-0.15, -0.1) is 10.2 Å². The fourth-order valence-electron chi connectivity index (χ4n) is 2.99. The molecule has 2 aliphatic heterocycles. The maximum atomic E-state index is 12.2. The van der Waals surface area contributed by atoms with Crippen molar-refractivity contribution in [3.8, 4) is 34.5 Å². The van der Waals surface area contributed by atoms with Gasteiger partial charge < -0.3 is 28.7 Å². The van der Waals surface area contributed by atoms with Crippen molar-refractivity contribution in [3.63, 3.8) is 0 Å². The molecule has 1 amide bonds. The fraction of sp³-hybridized carbons (Fsp3) is 0.250. The molecule has 0 unspecified atom stereocenters. The summed E-state index contributed by atoms with van der Waals surface area (Å²) in [7, 11) is 0. The molecule has 0 saturated heterocycles. The first kappa shape index (κ1) is 18.6. The van der Waals surface area contributed by atoms with Gasteiger partial charge >= 0.3 is 0 Å². The maximum absolute atomic E-state index is 12.2. The summed E-state index contributed by atoms with van der Waals surface area (Å²) < 4.78 is 27.4. The molecule has 2 aliphatic rings. The van der Waals surface area contributed by atoms with E-state index in [1.807, 2.05) is 30.3 Å². The first-order chi connectivity index (χ1) is 14.7. The Hall–Kier alpha value is -3.40. The number of thioether (sulfide) groups is 1. The number of nitrogens with zero attached hydrogens (tertiary/aromatic N) is 2. The molecule has 30 heavy (non-hydrogen) atoms. The van der Waals surface area contributed by atoms with Crippen LogP contribution in [0.2, 0.25) is 0 Å². The molecule has 0 spiro atoms. The lowest BCUT2D eigenvalue weighted by Gasteiger charge is -2.18.